The molecule has 0 radical (unpaired) electrons. The summed E-state index contributed by atoms with van der Waals surface area (Å²) in [6, 6.07) is 7.59. The number of benzene rings is 1. The van der Waals surface area contributed by atoms with Crippen molar-refractivity contribution in [3.05, 3.63) is 59.5 Å². The molecule has 0 saturated carbocycles. The minimum Gasteiger partial charge on any atom is -0.459 e. The highest BCUT2D eigenvalue weighted by molar-refractivity contribution is 5.91. The van der Waals surface area contributed by atoms with E-state index in [0.717, 1.165) is 6.07 Å². The van der Waals surface area contributed by atoms with Gasteiger partial charge in [0.15, 0.2) is 5.76 Å². The van der Waals surface area contributed by atoms with Crippen molar-refractivity contribution in [2.75, 3.05) is 6.54 Å². The number of rotatable bonds is 4. The predicted molar refractivity (Wildman–Crippen MR) is 67.4 cm³/mol. The second-order valence-corrected chi connectivity index (χ2v) is 4.29. The number of aliphatic hydroxyl groups excluding tert-OH is 1. The van der Waals surface area contributed by atoms with Crippen LogP contribution in [0, 0.1) is 0 Å². The lowest BCUT2D eigenvalue weighted by molar-refractivity contribution is -0.139. The Labute approximate surface area is 118 Å². The van der Waals surface area contributed by atoms with Crippen molar-refractivity contribution in [3.8, 4) is 0 Å². The van der Waals surface area contributed by atoms with E-state index in [-0.39, 0.29) is 17.9 Å². The van der Waals surface area contributed by atoms with Crippen LogP contribution in [-0.4, -0.2) is 17.6 Å². The van der Waals surface area contributed by atoms with Crippen LogP contribution in [0.2, 0.25) is 0 Å². The molecule has 0 spiro atoms. The summed E-state index contributed by atoms with van der Waals surface area (Å²) in [5, 5.41) is 12.2. The molecule has 7 heteroatoms. The normalized spacial score (nSPS) is 13.0. The maximum Gasteiger partial charge on any atom is 0.416 e. The largest absolute Gasteiger partial charge is 0.459 e. The zero-order valence-electron chi connectivity index (χ0n) is 10.7. The third kappa shape index (κ3) is 3.63. The Morgan fingerprint density at radius 2 is 1.95 bits per heavy atom. The molecule has 112 valence electrons. The molecule has 0 aliphatic carbocycles. The van der Waals surface area contributed by atoms with Crippen molar-refractivity contribution in [2.24, 2.45) is 0 Å². The van der Waals surface area contributed by atoms with Gasteiger partial charge in [-0.1, -0.05) is 18.2 Å². The van der Waals surface area contributed by atoms with Gasteiger partial charge in [-0.3, -0.25) is 4.79 Å². The molecule has 0 fully saturated rings. The topological polar surface area (TPSA) is 62.5 Å². The van der Waals surface area contributed by atoms with Crippen LogP contribution in [0.25, 0.3) is 0 Å². The molecular formula is C14H12F3NO3. The van der Waals surface area contributed by atoms with Gasteiger partial charge >= 0.3 is 6.18 Å². The van der Waals surface area contributed by atoms with Gasteiger partial charge < -0.3 is 14.8 Å². The average Bonchev–Trinajstić information content (AvgIpc) is 2.97. The maximum atomic E-state index is 12.8. The second kappa shape index (κ2) is 6.01. The fraction of sp³-hybridized carbons (Fsp3) is 0.214. The molecule has 0 aliphatic rings. The quantitative estimate of drug-likeness (QED) is 0.912. The van der Waals surface area contributed by atoms with Crippen LogP contribution in [0.5, 0.6) is 0 Å². The number of carbonyl (C=O) groups excluding carboxylic acids is 1. The van der Waals surface area contributed by atoms with E-state index in [1.807, 2.05) is 0 Å². The van der Waals surface area contributed by atoms with Crippen molar-refractivity contribution in [1.82, 2.24) is 5.32 Å². The molecule has 1 amide bonds. The Morgan fingerprint density at radius 3 is 2.57 bits per heavy atom. The lowest BCUT2D eigenvalue weighted by atomic mass is 10.0. The zero-order chi connectivity index (χ0) is 15.5. The number of hydrogen-bond acceptors (Lipinski definition) is 3. The molecule has 21 heavy (non-hydrogen) atoms. The Morgan fingerprint density at radius 1 is 1.24 bits per heavy atom. The third-order valence-corrected chi connectivity index (χ3v) is 2.83. The molecular weight excluding hydrogens is 287 g/mol. The van der Waals surface area contributed by atoms with Crippen LogP contribution < -0.4 is 5.32 Å². The first-order valence-electron chi connectivity index (χ1n) is 6.05. The zero-order valence-corrected chi connectivity index (χ0v) is 10.7. The number of hydrogen-bond donors (Lipinski definition) is 2. The van der Waals surface area contributed by atoms with E-state index >= 15 is 0 Å². The Kier molecular flexibility index (Phi) is 4.32. The van der Waals surface area contributed by atoms with E-state index < -0.39 is 23.8 Å². The highest BCUT2D eigenvalue weighted by atomic mass is 19.4. The summed E-state index contributed by atoms with van der Waals surface area (Å²) in [7, 11) is 0. The second-order valence-electron chi connectivity index (χ2n) is 4.29. The van der Waals surface area contributed by atoms with Crippen LogP contribution in [0.15, 0.2) is 47.1 Å². The molecule has 2 aromatic rings. The van der Waals surface area contributed by atoms with Crippen LogP contribution in [0.3, 0.4) is 0 Å². The van der Waals surface area contributed by atoms with Gasteiger partial charge in [0.2, 0.25) is 0 Å². The highest BCUT2D eigenvalue weighted by Crippen LogP contribution is 2.34. The summed E-state index contributed by atoms with van der Waals surface area (Å²) in [5.41, 5.74) is -1.21. The molecule has 4 nitrogen and oxygen atoms in total. The van der Waals surface area contributed by atoms with Crippen molar-refractivity contribution in [2.45, 2.75) is 12.3 Å². The van der Waals surface area contributed by atoms with Gasteiger partial charge in [-0.2, -0.15) is 13.2 Å². The summed E-state index contributed by atoms with van der Waals surface area (Å²) < 4.78 is 43.3. The molecule has 0 unspecified atom stereocenters. The molecule has 0 aliphatic heterocycles. The Hall–Kier alpha value is -2.28. The lowest BCUT2D eigenvalue weighted by Gasteiger charge is -2.17. The molecule has 1 atom stereocenters. The first-order chi connectivity index (χ1) is 9.89. The molecule has 1 aromatic heterocycles. The van der Waals surface area contributed by atoms with Crippen molar-refractivity contribution >= 4 is 5.91 Å². The number of furan rings is 1. The van der Waals surface area contributed by atoms with E-state index in [0.29, 0.717) is 0 Å². The summed E-state index contributed by atoms with van der Waals surface area (Å²) in [4.78, 5) is 11.6. The molecule has 0 bridgehead atoms. The van der Waals surface area contributed by atoms with Gasteiger partial charge in [-0.05, 0) is 23.8 Å². The van der Waals surface area contributed by atoms with Crippen LogP contribution >= 0.6 is 0 Å². The number of alkyl halides is 3. The Bertz CT molecular complexity index is 608. The fourth-order valence-corrected chi connectivity index (χ4v) is 1.84. The predicted octanol–water partition coefficient (Wildman–Crippen LogP) is 2.76. The minimum absolute atomic E-state index is 0.0197. The molecule has 1 heterocycles. The van der Waals surface area contributed by atoms with Crippen LogP contribution in [0.1, 0.15) is 27.8 Å². The van der Waals surface area contributed by atoms with E-state index in [4.69, 9.17) is 4.42 Å². The monoisotopic (exact) mass is 299 g/mol. The van der Waals surface area contributed by atoms with Crippen molar-refractivity contribution in [3.63, 3.8) is 0 Å². The van der Waals surface area contributed by atoms with E-state index in [1.165, 1.54) is 36.6 Å². The summed E-state index contributed by atoms with van der Waals surface area (Å²) in [5.74, 6) is -0.588. The van der Waals surface area contributed by atoms with Gasteiger partial charge in [0.05, 0.1) is 17.9 Å². The summed E-state index contributed by atoms with van der Waals surface area (Å²) in [6.45, 7) is -0.355. The molecule has 2 N–H and O–H groups in total. The summed E-state index contributed by atoms with van der Waals surface area (Å²) >= 11 is 0. The van der Waals surface area contributed by atoms with E-state index in [2.05, 4.69) is 5.32 Å². The minimum atomic E-state index is -4.57. The first kappa shape index (κ1) is 15.1. The number of nitrogens with one attached hydrogen (secondary N) is 1. The number of aliphatic hydroxyl groups is 1. The van der Waals surface area contributed by atoms with Gasteiger partial charge in [0.1, 0.15) is 0 Å². The fourth-order valence-electron chi connectivity index (χ4n) is 1.84. The number of carbonyl (C=O) groups is 1. The standard InChI is InChI=1S/C14H12F3NO3/c15-14(16,17)10-5-2-1-4-9(10)11(19)8-18-13(20)12-6-3-7-21-12/h1-7,11,19H,8H2,(H,18,20)/t11-/m1/s1. The molecule has 1 aromatic carbocycles. The van der Waals surface area contributed by atoms with Gasteiger partial charge in [-0.15, -0.1) is 0 Å². The van der Waals surface area contributed by atoms with Gasteiger partial charge in [0, 0.05) is 6.54 Å². The molecule has 0 saturated heterocycles. The molecule has 2 rings (SSSR count). The first-order valence-corrected chi connectivity index (χ1v) is 6.05. The van der Waals surface area contributed by atoms with Crippen LogP contribution in [-0.2, 0) is 6.18 Å². The SMILES string of the molecule is O=C(NC[C@@H](O)c1ccccc1C(F)(F)F)c1ccco1. The smallest absolute Gasteiger partial charge is 0.416 e. The van der Waals surface area contributed by atoms with E-state index in [1.54, 1.807) is 0 Å². The van der Waals surface area contributed by atoms with Crippen LogP contribution in [0.4, 0.5) is 13.2 Å². The van der Waals surface area contributed by atoms with Gasteiger partial charge in [0.25, 0.3) is 5.91 Å². The average molecular weight is 299 g/mol. The number of halogens is 3. The lowest BCUT2D eigenvalue weighted by Crippen LogP contribution is -2.29. The van der Waals surface area contributed by atoms with Crippen molar-refractivity contribution < 1.29 is 27.5 Å². The highest BCUT2D eigenvalue weighted by Gasteiger charge is 2.34. The van der Waals surface area contributed by atoms with E-state index in [9.17, 15) is 23.1 Å². The Balaban J connectivity index is 2.07. The number of amides is 1. The maximum absolute atomic E-state index is 12.8. The third-order valence-electron chi connectivity index (χ3n) is 2.83. The van der Waals surface area contributed by atoms with Gasteiger partial charge in [-0.25, -0.2) is 0 Å². The summed E-state index contributed by atoms with van der Waals surface area (Å²) in [6.07, 6.45) is -4.74. The van der Waals surface area contributed by atoms with Crippen molar-refractivity contribution in [1.29, 1.82) is 0 Å².